The maximum Gasteiger partial charge on any atom is 0.337 e. The Hall–Kier alpha value is -2.63. The zero-order chi connectivity index (χ0) is 16.7. The van der Waals surface area contributed by atoms with Gasteiger partial charge in [0.05, 0.1) is 12.7 Å². The summed E-state index contributed by atoms with van der Waals surface area (Å²) in [5.41, 5.74) is 1.20. The van der Waals surface area contributed by atoms with Gasteiger partial charge in [0, 0.05) is 23.4 Å². The highest BCUT2D eigenvalue weighted by atomic mass is 16.5. The fraction of sp³-hybridized carbons (Fsp3) is 0.312. The van der Waals surface area contributed by atoms with Crippen molar-refractivity contribution in [2.45, 2.75) is 26.8 Å². The average molecular weight is 304 g/mol. The first-order valence-corrected chi connectivity index (χ1v) is 6.82. The van der Waals surface area contributed by atoms with Crippen molar-refractivity contribution >= 4 is 23.5 Å². The van der Waals surface area contributed by atoms with Crippen molar-refractivity contribution in [3.05, 3.63) is 41.5 Å². The summed E-state index contributed by atoms with van der Waals surface area (Å²) in [7, 11) is 1.30. The van der Waals surface area contributed by atoms with Crippen molar-refractivity contribution in [1.29, 1.82) is 0 Å². The molecule has 0 heterocycles. The minimum atomic E-state index is -0.445. The van der Waals surface area contributed by atoms with Crippen LogP contribution in [0.3, 0.4) is 0 Å². The summed E-state index contributed by atoms with van der Waals surface area (Å²) in [6.45, 7) is 5.23. The summed E-state index contributed by atoms with van der Waals surface area (Å²) in [5.74, 6) is -1.15. The summed E-state index contributed by atoms with van der Waals surface area (Å²) in [5, 5.41) is 5.32. The van der Waals surface area contributed by atoms with E-state index in [-0.39, 0.29) is 23.4 Å². The Bertz CT molecular complexity index is 589. The number of ether oxygens (including phenoxy) is 1. The van der Waals surface area contributed by atoms with Crippen LogP contribution in [0.25, 0.3) is 0 Å². The van der Waals surface area contributed by atoms with Crippen LogP contribution in [0.5, 0.6) is 0 Å². The van der Waals surface area contributed by atoms with E-state index >= 15 is 0 Å². The van der Waals surface area contributed by atoms with Gasteiger partial charge >= 0.3 is 5.97 Å². The number of methoxy groups -OCH3 is 1. The van der Waals surface area contributed by atoms with Crippen LogP contribution in [-0.4, -0.2) is 30.9 Å². The van der Waals surface area contributed by atoms with Crippen molar-refractivity contribution in [1.82, 2.24) is 5.32 Å². The minimum absolute atomic E-state index is 0.00507. The molecule has 1 aromatic carbocycles. The molecule has 0 atom stereocenters. The van der Waals surface area contributed by atoms with Gasteiger partial charge in [-0.25, -0.2) is 4.79 Å². The fourth-order valence-corrected chi connectivity index (χ4v) is 1.63. The van der Waals surface area contributed by atoms with Crippen LogP contribution in [0, 0.1) is 0 Å². The number of nitrogens with one attached hydrogen (secondary N) is 2. The highest BCUT2D eigenvalue weighted by molar-refractivity contribution is 6.07. The molecule has 0 aliphatic carbocycles. The predicted octanol–water partition coefficient (Wildman–Crippen LogP) is 1.88. The molecule has 22 heavy (non-hydrogen) atoms. The molecule has 0 saturated carbocycles. The first-order valence-electron chi connectivity index (χ1n) is 6.82. The lowest BCUT2D eigenvalue weighted by Gasteiger charge is -2.08. The summed E-state index contributed by atoms with van der Waals surface area (Å²) >= 11 is 0. The molecule has 0 unspecified atom stereocenters. The largest absolute Gasteiger partial charge is 0.465 e. The van der Waals surface area contributed by atoms with E-state index in [9.17, 15) is 14.4 Å². The molecule has 0 saturated heterocycles. The topological polar surface area (TPSA) is 84.5 Å². The quantitative estimate of drug-likeness (QED) is 0.642. The molecule has 0 aromatic heterocycles. The van der Waals surface area contributed by atoms with Gasteiger partial charge in [0.25, 0.3) is 5.91 Å². The molecule has 1 rings (SSSR count). The first-order chi connectivity index (χ1) is 10.3. The zero-order valence-corrected chi connectivity index (χ0v) is 13.1. The molecule has 6 heteroatoms. The number of hydrogen-bond acceptors (Lipinski definition) is 4. The SMILES string of the molecule is COC(=O)c1ccc(NC(=O)/C(C)=C/C(=O)NC(C)C)cc1. The van der Waals surface area contributed by atoms with Crippen molar-refractivity contribution in [2.24, 2.45) is 0 Å². The van der Waals surface area contributed by atoms with E-state index in [2.05, 4.69) is 15.4 Å². The van der Waals surface area contributed by atoms with E-state index < -0.39 is 5.97 Å². The Morgan fingerprint density at radius 3 is 2.23 bits per heavy atom. The van der Waals surface area contributed by atoms with E-state index in [0.29, 0.717) is 11.3 Å². The molecular formula is C16H20N2O4. The molecule has 0 aliphatic rings. The van der Waals surface area contributed by atoms with Gasteiger partial charge in [-0.1, -0.05) is 0 Å². The van der Waals surface area contributed by atoms with Gasteiger partial charge in [0.1, 0.15) is 0 Å². The molecule has 0 fully saturated rings. The van der Waals surface area contributed by atoms with E-state index in [0.717, 1.165) is 0 Å². The standard InChI is InChI=1S/C16H20N2O4/c1-10(2)17-14(19)9-11(3)15(20)18-13-7-5-12(6-8-13)16(21)22-4/h5-10H,1-4H3,(H,17,19)(H,18,20)/b11-9+. The average Bonchev–Trinajstić information content (AvgIpc) is 2.46. The van der Waals surface area contributed by atoms with Crippen LogP contribution in [0.1, 0.15) is 31.1 Å². The van der Waals surface area contributed by atoms with Crippen molar-refractivity contribution in [2.75, 3.05) is 12.4 Å². The van der Waals surface area contributed by atoms with E-state index in [1.165, 1.54) is 13.2 Å². The second-order valence-electron chi connectivity index (χ2n) is 5.01. The number of esters is 1. The second kappa shape index (κ2) is 7.97. The van der Waals surface area contributed by atoms with Crippen LogP contribution in [0.4, 0.5) is 5.69 Å². The molecular weight excluding hydrogens is 284 g/mol. The summed E-state index contributed by atoms with van der Waals surface area (Å²) in [6, 6.07) is 6.28. The fourth-order valence-electron chi connectivity index (χ4n) is 1.63. The van der Waals surface area contributed by atoms with E-state index in [1.54, 1.807) is 31.2 Å². The molecule has 0 bridgehead atoms. The lowest BCUT2D eigenvalue weighted by atomic mass is 10.2. The Labute approximate surface area is 129 Å². The molecule has 118 valence electrons. The lowest BCUT2D eigenvalue weighted by Crippen LogP contribution is -2.29. The van der Waals surface area contributed by atoms with Gasteiger partial charge < -0.3 is 15.4 Å². The Kier molecular flexibility index (Phi) is 6.31. The minimum Gasteiger partial charge on any atom is -0.465 e. The van der Waals surface area contributed by atoms with E-state index in [1.807, 2.05) is 13.8 Å². The van der Waals surface area contributed by atoms with Gasteiger partial charge in [0.2, 0.25) is 5.91 Å². The van der Waals surface area contributed by atoms with Crippen LogP contribution < -0.4 is 10.6 Å². The third-order valence-electron chi connectivity index (χ3n) is 2.70. The maximum absolute atomic E-state index is 12.0. The third kappa shape index (κ3) is 5.40. The smallest absolute Gasteiger partial charge is 0.337 e. The number of rotatable bonds is 5. The summed E-state index contributed by atoms with van der Waals surface area (Å²) < 4.78 is 4.59. The molecule has 6 nitrogen and oxygen atoms in total. The number of carbonyl (C=O) groups is 3. The van der Waals surface area contributed by atoms with Crippen LogP contribution in [0.2, 0.25) is 0 Å². The zero-order valence-electron chi connectivity index (χ0n) is 13.1. The van der Waals surface area contributed by atoms with Crippen molar-refractivity contribution < 1.29 is 19.1 Å². The van der Waals surface area contributed by atoms with Crippen LogP contribution >= 0.6 is 0 Å². The molecule has 2 N–H and O–H groups in total. The highest BCUT2D eigenvalue weighted by Crippen LogP contribution is 2.11. The number of hydrogen-bond donors (Lipinski definition) is 2. The van der Waals surface area contributed by atoms with Gasteiger partial charge in [-0.15, -0.1) is 0 Å². The van der Waals surface area contributed by atoms with Gasteiger partial charge in [-0.05, 0) is 45.0 Å². The second-order valence-corrected chi connectivity index (χ2v) is 5.01. The van der Waals surface area contributed by atoms with Crippen molar-refractivity contribution in [3.8, 4) is 0 Å². The van der Waals surface area contributed by atoms with Crippen LogP contribution in [-0.2, 0) is 14.3 Å². The van der Waals surface area contributed by atoms with Crippen molar-refractivity contribution in [3.63, 3.8) is 0 Å². The maximum atomic E-state index is 12.0. The van der Waals surface area contributed by atoms with E-state index in [4.69, 9.17) is 0 Å². The van der Waals surface area contributed by atoms with Gasteiger partial charge in [0.15, 0.2) is 0 Å². The predicted molar refractivity (Wildman–Crippen MR) is 83.4 cm³/mol. The first kappa shape index (κ1) is 17.4. The Morgan fingerprint density at radius 1 is 1.14 bits per heavy atom. The Morgan fingerprint density at radius 2 is 1.73 bits per heavy atom. The molecule has 0 radical (unpaired) electrons. The van der Waals surface area contributed by atoms with Gasteiger partial charge in [-0.3, -0.25) is 9.59 Å². The molecule has 0 aliphatic heterocycles. The lowest BCUT2D eigenvalue weighted by molar-refractivity contribution is -0.118. The highest BCUT2D eigenvalue weighted by Gasteiger charge is 2.09. The monoisotopic (exact) mass is 304 g/mol. The number of benzene rings is 1. The molecule has 1 aromatic rings. The third-order valence-corrected chi connectivity index (χ3v) is 2.70. The number of amides is 2. The normalized spacial score (nSPS) is 11.0. The van der Waals surface area contributed by atoms with Crippen LogP contribution in [0.15, 0.2) is 35.9 Å². The Balaban J connectivity index is 2.70. The number of carbonyl (C=O) groups excluding carboxylic acids is 3. The number of anilines is 1. The van der Waals surface area contributed by atoms with Gasteiger partial charge in [-0.2, -0.15) is 0 Å². The molecule has 2 amide bonds. The molecule has 0 spiro atoms. The summed E-state index contributed by atoms with van der Waals surface area (Å²) in [6.07, 6.45) is 1.25. The summed E-state index contributed by atoms with van der Waals surface area (Å²) in [4.78, 5) is 34.8.